The van der Waals surface area contributed by atoms with Gasteiger partial charge in [-0.1, -0.05) is 63.5 Å². The first-order chi connectivity index (χ1) is 19.6. The van der Waals surface area contributed by atoms with Crippen LogP contribution in [0.2, 0.25) is 0 Å². The van der Waals surface area contributed by atoms with E-state index in [1.165, 1.54) is 37.7 Å². The lowest BCUT2D eigenvalue weighted by Gasteiger charge is -2.46. The lowest BCUT2D eigenvalue weighted by atomic mass is 9.59. The third-order valence-corrected chi connectivity index (χ3v) is 10.8. The molecule has 4 atom stereocenters. The number of amides is 2. The Bertz CT molecular complexity index is 1680. The highest BCUT2D eigenvalue weighted by atomic mass is 16.2. The average molecular weight is 551 g/mol. The molecule has 1 saturated carbocycles. The monoisotopic (exact) mass is 550 g/mol. The van der Waals surface area contributed by atoms with Crippen LogP contribution in [-0.4, -0.2) is 32.4 Å². The van der Waals surface area contributed by atoms with Crippen LogP contribution in [0.4, 0.5) is 5.69 Å². The van der Waals surface area contributed by atoms with Crippen molar-refractivity contribution >= 4 is 28.4 Å². The molecular formula is C34H38N4O3. The molecule has 3 aliphatic heterocycles. The zero-order chi connectivity index (χ0) is 28.8. The number of carbonyl (C=O) groups excluding carboxylic acids is 2. The normalized spacial score (nSPS) is 27.4. The first kappa shape index (κ1) is 26.2. The fraction of sp³-hybridized carbons (Fsp3) is 0.471. The van der Waals surface area contributed by atoms with Crippen LogP contribution in [0.15, 0.2) is 59.9 Å². The molecule has 2 amide bonds. The standard InChI is InChI=1S/C34H38N4O3/c1-6-33(4,5)34-19-28-29-35-26-15-11-10-14-24(26)31(41)36(29)20(2)30(40)38(28)32(34)37(21(3)39)27-17-16-23(18-25(27)34)22-12-8-7-9-13-22/h6,10-11,14-18,20,22,28,32H,1,7-9,12-13,19H2,2-5H3/t20-,28+,32+,34-/m1/s1. The Morgan fingerprint density at radius 1 is 1.10 bits per heavy atom. The summed E-state index contributed by atoms with van der Waals surface area (Å²) in [5.74, 6) is 0.850. The molecule has 212 valence electrons. The number of fused-ring (bicyclic) bond motifs is 8. The molecule has 2 aromatic carbocycles. The lowest BCUT2D eigenvalue weighted by Crippen LogP contribution is -2.59. The molecule has 1 saturated heterocycles. The lowest BCUT2D eigenvalue weighted by molar-refractivity contribution is -0.141. The zero-order valence-electron chi connectivity index (χ0n) is 24.4. The largest absolute Gasteiger partial charge is 0.309 e. The highest BCUT2D eigenvalue weighted by Gasteiger charge is 2.69. The van der Waals surface area contributed by atoms with E-state index in [-0.39, 0.29) is 17.4 Å². The number of benzene rings is 2. The van der Waals surface area contributed by atoms with Crippen molar-refractivity contribution < 1.29 is 9.59 Å². The van der Waals surface area contributed by atoms with Crippen LogP contribution >= 0.6 is 0 Å². The topological polar surface area (TPSA) is 75.5 Å². The Balaban J connectivity index is 1.50. The van der Waals surface area contributed by atoms with Gasteiger partial charge in [0.2, 0.25) is 11.8 Å². The molecule has 0 N–H and O–H groups in total. The highest BCUT2D eigenvalue weighted by molar-refractivity contribution is 5.98. The van der Waals surface area contributed by atoms with E-state index in [0.29, 0.717) is 29.1 Å². The number of anilines is 1. The third kappa shape index (κ3) is 3.32. The fourth-order valence-electron chi connectivity index (χ4n) is 8.51. The van der Waals surface area contributed by atoms with Gasteiger partial charge in [-0.3, -0.25) is 23.9 Å². The van der Waals surface area contributed by atoms with E-state index in [0.717, 1.165) is 11.3 Å². The molecule has 0 bridgehead atoms. The van der Waals surface area contributed by atoms with E-state index >= 15 is 0 Å². The van der Waals surface area contributed by atoms with Crippen molar-refractivity contribution in [2.75, 3.05) is 4.90 Å². The third-order valence-electron chi connectivity index (χ3n) is 10.8. The van der Waals surface area contributed by atoms with E-state index in [1.807, 2.05) is 34.1 Å². The fourth-order valence-corrected chi connectivity index (χ4v) is 8.51. The predicted molar refractivity (Wildman–Crippen MR) is 160 cm³/mol. The molecule has 1 aromatic heterocycles. The molecule has 1 aliphatic carbocycles. The molecule has 3 aromatic rings. The summed E-state index contributed by atoms with van der Waals surface area (Å²) >= 11 is 0. The van der Waals surface area contributed by atoms with Gasteiger partial charge in [-0.2, -0.15) is 0 Å². The number of aromatic nitrogens is 2. The first-order valence-electron chi connectivity index (χ1n) is 15.0. The van der Waals surface area contributed by atoms with Crippen LogP contribution in [0.1, 0.15) is 101 Å². The van der Waals surface area contributed by atoms with Gasteiger partial charge in [0.05, 0.1) is 16.9 Å². The summed E-state index contributed by atoms with van der Waals surface area (Å²) < 4.78 is 1.60. The Kier molecular flexibility index (Phi) is 5.67. The second-order valence-electron chi connectivity index (χ2n) is 13.1. The van der Waals surface area contributed by atoms with Gasteiger partial charge >= 0.3 is 0 Å². The molecule has 2 fully saturated rings. The summed E-state index contributed by atoms with van der Waals surface area (Å²) in [5.41, 5.74) is 2.63. The van der Waals surface area contributed by atoms with Gasteiger partial charge in [-0.05, 0) is 66.8 Å². The summed E-state index contributed by atoms with van der Waals surface area (Å²) in [4.78, 5) is 50.4. The number of nitrogens with zero attached hydrogens (tertiary/aromatic N) is 4. The van der Waals surface area contributed by atoms with Gasteiger partial charge in [0.1, 0.15) is 18.0 Å². The second kappa shape index (κ2) is 8.88. The molecule has 0 spiro atoms. The van der Waals surface area contributed by atoms with Gasteiger partial charge in [0.15, 0.2) is 0 Å². The van der Waals surface area contributed by atoms with Gasteiger partial charge in [0, 0.05) is 18.0 Å². The van der Waals surface area contributed by atoms with Crippen LogP contribution in [-0.2, 0) is 15.0 Å². The summed E-state index contributed by atoms with van der Waals surface area (Å²) in [7, 11) is 0. The van der Waals surface area contributed by atoms with E-state index in [4.69, 9.17) is 4.98 Å². The molecule has 4 aliphatic rings. The van der Waals surface area contributed by atoms with Gasteiger partial charge in [-0.15, -0.1) is 6.58 Å². The zero-order valence-corrected chi connectivity index (χ0v) is 24.4. The summed E-state index contributed by atoms with van der Waals surface area (Å²) in [6.45, 7) is 12.0. The number of rotatable bonds is 3. The van der Waals surface area contributed by atoms with E-state index in [1.54, 1.807) is 24.5 Å². The number of hydrogen-bond acceptors (Lipinski definition) is 4. The highest BCUT2D eigenvalue weighted by Crippen LogP contribution is 2.66. The van der Waals surface area contributed by atoms with Gasteiger partial charge in [0.25, 0.3) is 5.56 Å². The van der Waals surface area contributed by atoms with Crippen molar-refractivity contribution in [2.45, 2.75) is 95.8 Å². The molecule has 7 nitrogen and oxygen atoms in total. The summed E-state index contributed by atoms with van der Waals surface area (Å²) in [6, 6.07) is 12.8. The minimum atomic E-state index is -0.733. The predicted octanol–water partition coefficient (Wildman–Crippen LogP) is 6.14. The van der Waals surface area contributed by atoms with Crippen molar-refractivity contribution in [3.05, 3.63) is 82.4 Å². The van der Waals surface area contributed by atoms with E-state index in [2.05, 4.69) is 38.6 Å². The smallest absolute Gasteiger partial charge is 0.262 e. The van der Waals surface area contributed by atoms with Gasteiger partial charge in [-0.25, -0.2) is 4.98 Å². The number of carbonyl (C=O) groups is 2. The number of para-hydroxylation sites is 1. The summed E-state index contributed by atoms with van der Waals surface area (Å²) in [5, 5.41) is 0.511. The molecule has 4 heterocycles. The van der Waals surface area contributed by atoms with Crippen molar-refractivity contribution in [2.24, 2.45) is 5.41 Å². The molecule has 0 radical (unpaired) electrons. The average Bonchev–Trinajstić information content (AvgIpc) is 3.48. The molecular weight excluding hydrogens is 512 g/mol. The SMILES string of the molecule is C=CC(C)(C)[C@@]12C[C@H]3c4nc5ccccc5c(=O)n4[C@H](C)C(=O)N3[C@@H]1N(C(C)=O)c1ccc(C3CCCCC3)cc12. The van der Waals surface area contributed by atoms with Crippen molar-refractivity contribution in [1.29, 1.82) is 0 Å². The second-order valence-corrected chi connectivity index (χ2v) is 13.1. The Labute approximate surface area is 240 Å². The molecule has 7 heteroatoms. The minimum Gasteiger partial charge on any atom is -0.309 e. The number of allylic oxidation sites excluding steroid dienone is 1. The first-order valence-corrected chi connectivity index (χ1v) is 15.0. The Morgan fingerprint density at radius 3 is 2.54 bits per heavy atom. The van der Waals surface area contributed by atoms with Crippen LogP contribution in [0.3, 0.4) is 0 Å². The Morgan fingerprint density at radius 2 is 1.83 bits per heavy atom. The van der Waals surface area contributed by atoms with Crippen LogP contribution in [0, 0.1) is 5.41 Å². The van der Waals surface area contributed by atoms with Crippen LogP contribution in [0.25, 0.3) is 10.9 Å². The molecule has 0 unspecified atom stereocenters. The van der Waals surface area contributed by atoms with E-state index in [9.17, 15) is 14.4 Å². The van der Waals surface area contributed by atoms with Crippen LogP contribution in [0.5, 0.6) is 0 Å². The van der Waals surface area contributed by atoms with Gasteiger partial charge < -0.3 is 4.90 Å². The number of hydrogen-bond donors (Lipinski definition) is 0. The Hall–Kier alpha value is -3.74. The molecule has 7 rings (SSSR count). The van der Waals surface area contributed by atoms with E-state index < -0.39 is 29.1 Å². The van der Waals surface area contributed by atoms with Crippen molar-refractivity contribution in [3.63, 3.8) is 0 Å². The van der Waals surface area contributed by atoms with Crippen molar-refractivity contribution in [1.82, 2.24) is 14.5 Å². The van der Waals surface area contributed by atoms with Crippen molar-refractivity contribution in [3.8, 4) is 0 Å². The minimum absolute atomic E-state index is 0.0982. The summed E-state index contributed by atoms with van der Waals surface area (Å²) in [6.07, 6.45) is 8.09. The maximum atomic E-state index is 14.4. The maximum absolute atomic E-state index is 14.4. The van der Waals surface area contributed by atoms with Crippen LogP contribution < -0.4 is 10.5 Å². The quantitative estimate of drug-likeness (QED) is 0.368. The maximum Gasteiger partial charge on any atom is 0.262 e. The molecule has 41 heavy (non-hydrogen) atoms.